The van der Waals surface area contributed by atoms with Gasteiger partial charge in [0.05, 0.1) is 6.61 Å². The number of piperazine rings is 1. The molecule has 1 N–H and O–H groups in total. The lowest BCUT2D eigenvalue weighted by atomic mass is 10.0. The van der Waals surface area contributed by atoms with Crippen molar-refractivity contribution in [3.8, 4) is 0 Å². The molecule has 1 unspecified atom stereocenters. The summed E-state index contributed by atoms with van der Waals surface area (Å²) in [6, 6.07) is 19.3. The lowest BCUT2D eigenvalue weighted by molar-refractivity contribution is 0.0260. The number of aliphatic hydroxyl groups is 1. The highest BCUT2D eigenvalue weighted by atomic mass is 35.5. The van der Waals surface area contributed by atoms with Crippen molar-refractivity contribution in [3.63, 3.8) is 0 Å². The van der Waals surface area contributed by atoms with Gasteiger partial charge in [-0.3, -0.25) is 9.80 Å². The van der Waals surface area contributed by atoms with E-state index in [1.54, 1.807) is 24.3 Å². The topological polar surface area (TPSA) is 35.9 Å². The van der Waals surface area contributed by atoms with E-state index in [0.29, 0.717) is 13.2 Å². The Bertz CT molecular complexity index is 1030. The highest BCUT2D eigenvalue weighted by Gasteiger charge is 2.27. The molecule has 1 fully saturated rings. The third-order valence-electron chi connectivity index (χ3n) is 6.71. The first-order valence-corrected chi connectivity index (χ1v) is 12.5. The molecular formula is C29H35Cl2F3N2O2. The van der Waals surface area contributed by atoms with Crippen LogP contribution in [0.2, 0.25) is 0 Å². The van der Waals surface area contributed by atoms with Crippen LogP contribution in [0.3, 0.4) is 0 Å². The maximum atomic E-state index is 13.5. The zero-order valence-corrected chi connectivity index (χ0v) is 22.8. The van der Waals surface area contributed by atoms with Gasteiger partial charge in [0, 0.05) is 45.4 Å². The summed E-state index contributed by atoms with van der Waals surface area (Å²) in [7, 11) is 0. The fourth-order valence-electron chi connectivity index (χ4n) is 4.77. The lowest BCUT2D eigenvalue weighted by Crippen LogP contribution is -2.54. The quantitative estimate of drug-likeness (QED) is 0.322. The molecule has 3 aromatic rings. The standard InChI is InChI=1S/C29H33F3N2O2.2ClH/c30-25-8-2-22(3-9-25)20-28-21-33(15-16-34(28)14-1-18-35)17-19-36-29(23-4-10-26(31)11-5-23)24-6-12-27(32)13-7-24;;/h2-13,28-29,35H,1,14-21H2;2*1H. The van der Waals surface area contributed by atoms with Crippen LogP contribution in [-0.2, 0) is 11.2 Å². The minimum absolute atomic E-state index is 0. The SMILES string of the molecule is Cl.Cl.OCCCN1CCN(CCOC(c2ccc(F)cc2)c2ccc(F)cc2)CC1Cc1ccc(F)cc1. The Morgan fingerprint density at radius 2 is 1.29 bits per heavy atom. The third-order valence-corrected chi connectivity index (χ3v) is 6.71. The van der Waals surface area contributed by atoms with Gasteiger partial charge in [0.2, 0.25) is 0 Å². The summed E-state index contributed by atoms with van der Waals surface area (Å²) in [5.41, 5.74) is 2.71. The first kappa shape index (κ1) is 32.1. The maximum Gasteiger partial charge on any atom is 0.123 e. The Labute approximate surface area is 235 Å². The first-order chi connectivity index (χ1) is 17.5. The van der Waals surface area contributed by atoms with Crippen molar-refractivity contribution in [3.05, 3.63) is 107 Å². The van der Waals surface area contributed by atoms with Crippen LogP contribution in [0.5, 0.6) is 0 Å². The van der Waals surface area contributed by atoms with Crippen molar-refractivity contribution in [1.29, 1.82) is 0 Å². The highest BCUT2D eigenvalue weighted by molar-refractivity contribution is 5.85. The van der Waals surface area contributed by atoms with E-state index >= 15 is 0 Å². The zero-order valence-electron chi connectivity index (χ0n) is 21.1. The average molecular weight is 572 g/mol. The van der Waals surface area contributed by atoms with Gasteiger partial charge in [-0.05, 0) is 65.9 Å². The summed E-state index contributed by atoms with van der Waals surface area (Å²) >= 11 is 0. The Morgan fingerprint density at radius 1 is 0.763 bits per heavy atom. The van der Waals surface area contributed by atoms with E-state index in [1.165, 1.54) is 36.4 Å². The van der Waals surface area contributed by atoms with Gasteiger partial charge >= 0.3 is 0 Å². The second-order valence-corrected chi connectivity index (χ2v) is 9.25. The van der Waals surface area contributed by atoms with Crippen molar-refractivity contribution in [2.24, 2.45) is 0 Å². The van der Waals surface area contributed by atoms with Gasteiger partial charge in [-0.15, -0.1) is 24.8 Å². The first-order valence-electron chi connectivity index (χ1n) is 12.5. The fraction of sp³-hybridized carbons (Fsp3) is 0.379. The Morgan fingerprint density at radius 3 is 1.82 bits per heavy atom. The van der Waals surface area contributed by atoms with Crippen molar-refractivity contribution >= 4 is 24.8 Å². The van der Waals surface area contributed by atoms with E-state index < -0.39 is 6.10 Å². The van der Waals surface area contributed by atoms with E-state index in [1.807, 2.05) is 12.1 Å². The molecule has 208 valence electrons. The Balaban J connectivity index is 0.00000253. The minimum atomic E-state index is -0.424. The number of nitrogens with zero attached hydrogens (tertiary/aromatic N) is 2. The van der Waals surface area contributed by atoms with Gasteiger partial charge in [-0.25, -0.2) is 13.2 Å². The fourth-order valence-corrected chi connectivity index (χ4v) is 4.77. The second kappa shape index (κ2) is 16.1. The van der Waals surface area contributed by atoms with Crippen molar-refractivity contribution in [2.75, 3.05) is 45.9 Å². The van der Waals surface area contributed by atoms with Crippen LogP contribution in [0.15, 0.2) is 72.8 Å². The number of halogens is 5. The third kappa shape index (κ3) is 9.26. The average Bonchev–Trinajstić information content (AvgIpc) is 2.89. The molecule has 0 bridgehead atoms. The molecule has 0 aromatic heterocycles. The maximum absolute atomic E-state index is 13.5. The Hall–Kier alpha value is -2.13. The molecule has 0 spiro atoms. The predicted octanol–water partition coefficient (Wildman–Crippen LogP) is 5.66. The summed E-state index contributed by atoms with van der Waals surface area (Å²) in [5.74, 6) is -0.874. The van der Waals surface area contributed by atoms with Gasteiger partial charge in [0.25, 0.3) is 0 Å². The van der Waals surface area contributed by atoms with Gasteiger partial charge in [-0.2, -0.15) is 0 Å². The molecule has 38 heavy (non-hydrogen) atoms. The van der Waals surface area contributed by atoms with Gasteiger partial charge in [0.15, 0.2) is 0 Å². The molecule has 0 amide bonds. The molecule has 1 atom stereocenters. The number of aliphatic hydroxyl groups excluding tert-OH is 1. The van der Waals surface area contributed by atoms with Crippen LogP contribution in [0.25, 0.3) is 0 Å². The lowest BCUT2D eigenvalue weighted by Gasteiger charge is -2.41. The molecule has 1 aliphatic heterocycles. The number of benzene rings is 3. The van der Waals surface area contributed by atoms with Crippen molar-refractivity contribution < 1.29 is 23.0 Å². The summed E-state index contributed by atoms with van der Waals surface area (Å²) in [6.45, 7) is 4.75. The van der Waals surface area contributed by atoms with Gasteiger partial charge in [0.1, 0.15) is 23.6 Å². The zero-order chi connectivity index (χ0) is 25.3. The smallest absolute Gasteiger partial charge is 0.123 e. The van der Waals surface area contributed by atoms with Crippen LogP contribution < -0.4 is 0 Å². The summed E-state index contributed by atoms with van der Waals surface area (Å²) < 4.78 is 46.6. The molecule has 3 aromatic carbocycles. The van der Waals surface area contributed by atoms with Gasteiger partial charge in [-0.1, -0.05) is 36.4 Å². The summed E-state index contributed by atoms with van der Waals surface area (Å²) in [4.78, 5) is 4.76. The van der Waals surface area contributed by atoms with E-state index in [-0.39, 0.29) is 54.9 Å². The van der Waals surface area contributed by atoms with Crippen LogP contribution in [-0.4, -0.2) is 66.9 Å². The molecule has 9 heteroatoms. The van der Waals surface area contributed by atoms with E-state index in [9.17, 15) is 18.3 Å². The molecule has 4 rings (SSSR count). The van der Waals surface area contributed by atoms with Crippen molar-refractivity contribution in [2.45, 2.75) is 25.0 Å². The molecule has 0 radical (unpaired) electrons. The minimum Gasteiger partial charge on any atom is -0.396 e. The van der Waals surface area contributed by atoms with Crippen molar-refractivity contribution in [1.82, 2.24) is 9.80 Å². The highest BCUT2D eigenvalue weighted by Crippen LogP contribution is 2.27. The van der Waals surface area contributed by atoms with Crippen LogP contribution in [0.1, 0.15) is 29.2 Å². The van der Waals surface area contributed by atoms with Crippen LogP contribution in [0.4, 0.5) is 13.2 Å². The molecule has 1 heterocycles. The number of hydrogen-bond donors (Lipinski definition) is 1. The number of hydrogen-bond acceptors (Lipinski definition) is 4. The van der Waals surface area contributed by atoms with E-state index in [2.05, 4.69) is 9.80 Å². The van der Waals surface area contributed by atoms with Gasteiger partial charge < -0.3 is 9.84 Å². The number of rotatable bonds is 11. The summed E-state index contributed by atoms with van der Waals surface area (Å²) in [6.07, 6.45) is 1.10. The molecule has 1 aliphatic rings. The van der Waals surface area contributed by atoms with E-state index in [4.69, 9.17) is 4.74 Å². The molecule has 0 saturated carbocycles. The van der Waals surface area contributed by atoms with Crippen LogP contribution >= 0.6 is 24.8 Å². The molecular weight excluding hydrogens is 536 g/mol. The number of ether oxygens (including phenoxy) is 1. The Kier molecular flexibility index (Phi) is 13.6. The second-order valence-electron chi connectivity index (χ2n) is 9.25. The molecule has 0 aliphatic carbocycles. The molecule has 4 nitrogen and oxygen atoms in total. The molecule has 1 saturated heterocycles. The summed E-state index contributed by atoms with van der Waals surface area (Å²) in [5, 5.41) is 9.30. The largest absolute Gasteiger partial charge is 0.396 e. The van der Waals surface area contributed by atoms with Crippen LogP contribution in [0, 0.1) is 17.5 Å². The normalized spacial score (nSPS) is 16.2. The van der Waals surface area contributed by atoms with E-state index in [0.717, 1.165) is 55.7 Å². The predicted molar refractivity (Wildman–Crippen MR) is 149 cm³/mol. The monoisotopic (exact) mass is 570 g/mol.